The lowest BCUT2D eigenvalue weighted by Gasteiger charge is -2.44. The van der Waals surface area contributed by atoms with Crippen molar-refractivity contribution in [2.75, 3.05) is 44.2 Å². The number of piperazine rings is 1. The summed E-state index contributed by atoms with van der Waals surface area (Å²) in [5.41, 5.74) is 2.71. The molecule has 1 amide bonds. The van der Waals surface area contributed by atoms with Crippen molar-refractivity contribution in [1.29, 1.82) is 0 Å². The average Bonchev–Trinajstić information content (AvgIpc) is 2.85. The highest BCUT2D eigenvalue weighted by Crippen LogP contribution is 2.24. The largest absolute Gasteiger partial charge is 0.369 e. The molecule has 0 radical (unpaired) electrons. The molecule has 2 aromatic carbocycles. The molecular weight excluding hydrogens is 402 g/mol. The molecule has 2 saturated heterocycles. The van der Waals surface area contributed by atoms with Crippen molar-refractivity contribution in [2.24, 2.45) is 0 Å². The van der Waals surface area contributed by atoms with E-state index in [1.54, 1.807) is 18.2 Å². The Morgan fingerprint density at radius 2 is 1.69 bits per heavy atom. The van der Waals surface area contributed by atoms with Gasteiger partial charge in [0.05, 0.1) is 5.39 Å². The van der Waals surface area contributed by atoms with E-state index in [0.29, 0.717) is 29.1 Å². The third kappa shape index (κ3) is 3.88. The van der Waals surface area contributed by atoms with Gasteiger partial charge in [-0.05, 0) is 37.5 Å². The Balaban J connectivity index is 1.28. The predicted molar refractivity (Wildman–Crippen MR) is 126 cm³/mol. The first kappa shape index (κ1) is 20.7. The molecule has 0 saturated carbocycles. The fraction of sp³-hybridized carbons (Fsp3) is 0.400. The van der Waals surface area contributed by atoms with Crippen molar-refractivity contribution >= 4 is 22.4 Å². The van der Waals surface area contributed by atoms with Gasteiger partial charge in [0.15, 0.2) is 5.69 Å². The molecule has 2 aliphatic heterocycles. The molecule has 2 fully saturated rings. The Bertz CT molecular complexity index is 1180. The molecule has 5 rings (SSSR count). The van der Waals surface area contributed by atoms with Crippen LogP contribution in [0.2, 0.25) is 0 Å². The van der Waals surface area contributed by atoms with Gasteiger partial charge in [-0.2, -0.15) is 5.10 Å². The number of carbonyl (C=O) groups excluding carboxylic acids is 1. The Hall–Kier alpha value is -3.19. The zero-order chi connectivity index (χ0) is 22.1. The number of aromatic amines is 1. The molecule has 7 heteroatoms. The molecule has 1 N–H and O–H groups in total. The van der Waals surface area contributed by atoms with Gasteiger partial charge in [-0.25, -0.2) is 5.10 Å². The van der Waals surface area contributed by atoms with Crippen molar-refractivity contribution in [2.45, 2.75) is 25.8 Å². The Labute approximate surface area is 187 Å². The number of amides is 1. The summed E-state index contributed by atoms with van der Waals surface area (Å²) in [6.45, 7) is 7.61. The van der Waals surface area contributed by atoms with Crippen LogP contribution >= 0.6 is 0 Å². The monoisotopic (exact) mass is 431 g/mol. The second-order valence-electron chi connectivity index (χ2n) is 8.80. The van der Waals surface area contributed by atoms with Crippen molar-refractivity contribution < 1.29 is 4.79 Å². The van der Waals surface area contributed by atoms with Crippen LogP contribution in [0.4, 0.5) is 5.69 Å². The number of nitrogens with zero attached hydrogens (tertiary/aromatic N) is 4. The minimum absolute atomic E-state index is 0.0966. The van der Waals surface area contributed by atoms with Crippen molar-refractivity contribution in [1.82, 2.24) is 20.0 Å². The maximum absolute atomic E-state index is 13.3. The van der Waals surface area contributed by atoms with E-state index in [2.05, 4.69) is 51.2 Å². The Kier molecular flexibility index (Phi) is 5.66. The van der Waals surface area contributed by atoms with Crippen LogP contribution < -0.4 is 10.5 Å². The van der Waals surface area contributed by atoms with Crippen LogP contribution in [-0.2, 0) is 0 Å². The van der Waals surface area contributed by atoms with Crippen LogP contribution in [0.1, 0.15) is 28.9 Å². The lowest BCUT2D eigenvalue weighted by atomic mass is 10.0. The zero-order valence-electron chi connectivity index (χ0n) is 18.5. The summed E-state index contributed by atoms with van der Waals surface area (Å²) in [7, 11) is 0. The topological polar surface area (TPSA) is 72.5 Å². The van der Waals surface area contributed by atoms with E-state index in [1.165, 1.54) is 11.3 Å². The number of nitrogens with one attached hydrogen (secondary N) is 1. The maximum Gasteiger partial charge on any atom is 0.274 e. The molecule has 7 nitrogen and oxygen atoms in total. The van der Waals surface area contributed by atoms with Gasteiger partial charge in [-0.15, -0.1) is 0 Å². The van der Waals surface area contributed by atoms with Crippen LogP contribution in [0.3, 0.4) is 0 Å². The second-order valence-corrected chi connectivity index (χ2v) is 8.80. The molecular formula is C25H29N5O2. The smallest absolute Gasteiger partial charge is 0.274 e. The first-order chi connectivity index (χ1) is 15.6. The van der Waals surface area contributed by atoms with Gasteiger partial charge in [0.2, 0.25) is 0 Å². The number of hydrogen-bond acceptors (Lipinski definition) is 5. The first-order valence-corrected chi connectivity index (χ1v) is 11.4. The van der Waals surface area contributed by atoms with Crippen LogP contribution in [0.15, 0.2) is 53.3 Å². The summed E-state index contributed by atoms with van der Waals surface area (Å²) >= 11 is 0. The number of carbonyl (C=O) groups is 1. The Morgan fingerprint density at radius 3 is 2.47 bits per heavy atom. The van der Waals surface area contributed by atoms with Crippen molar-refractivity contribution in [3.05, 3.63) is 70.1 Å². The standard InChI is InChI=1S/C25H29N5O2/c1-18-7-2-5-11-22(18)29-15-13-28(14-16-29)19-8-6-12-30(17-19)25(32)23-20-9-3-4-10-21(20)24(31)27-26-23/h2-5,7,9-11,19H,6,8,12-17H2,1H3,(H,27,31)/t19-/m1/s1. The molecule has 0 spiro atoms. The van der Waals surface area contributed by atoms with Crippen LogP contribution in [0.5, 0.6) is 0 Å². The van der Waals surface area contributed by atoms with E-state index in [9.17, 15) is 9.59 Å². The van der Waals surface area contributed by atoms with Gasteiger partial charge in [0.1, 0.15) is 0 Å². The van der Waals surface area contributed by atoms with Gasteiger partial charge in [-0.3, -0.25) is 14.5 Å². The summed E-state index contributed by atoms with van der Waals surface area (Å²) in [4.78, 5) is 32.3. The second kappa shape index (κ2) is 8.74. The molecule has 0 bridgehead atoms. The van der Waals surface area contributed by atoms with Gasteiger partial charge < -0.3 is 9.80 Å². The lowest BCUT2D eigenvalue weighted by molar-refractivity contribution is 0.0559. The normalized spacial score (nSPS) is 20.0. The zero-order valence-corrected chi connectivity index (χ0v) is 18.5. The van der Waals surface area contributed by atoms with Gasteiger partial charge in [0, 0.05) is 56.4 Å². The minimum Gasteiger partial charge on any atom is -0.369 e. The maximum atomic E-state index is 13.3. The molecule has 3 aromatic rings. The number of hydrogen-bond donors (Lipinski definition) is 1. The summed E-state index contributed by atoms with van der Waals surface area (Å²) < 4.78 is 0. The van der Waals surface area contributed by atoms with Crippen molar-refractivity contribution in [3.8, 4) is 0 Å². The van der Waals surface area contributed by atoms with Crippen LogP contribution in [0, 0.1) is 6.92 Å². The number of likely N-dealkylation sites (tertiary alicyclic amines) is 1. The quantitative estimate of drug-likeness (QED) is 0.690. The number of fused-ring (bicyclic) bond motifs is 1. The SMILES string of the molecule is Cc1ccccc1N1CCN([C@@H]2CCCN(C(=O)c3n[nH]c(=O)c4ccccc34)C2)CC1. The van der Waals surface area contributed by atoms with E-state index in [1.807, 2.05) is 11.0 Å². The van der Waals surface area contributed by atoms with E-state index >= 15 is 0 Å². The molecule has 1 atom stereocenters. The van der Waals surface area contributed by atoms with Crippen LogP contribution in [0.25, 0.3) is 10.8 Å². The van der Waals surface area contributed by atoms with Gasteiger partial charge >= 0.3 is 0 Å². The highest BCUT2D eigenvalue weighted by molar-refractivity contribution is 6.04. The fourth-order valence-corrected chi connectivity index (χ4v) is 5.11. The molecule has 32 heavy (non-hydrogen) atoms. The number of para-hydroxylation sites is 1. The number of benzene rings is 2. The summed E-state index contributed by atoms with van der Waals surface area (Å²) in [6.07, 6.45) is 2.09. The average molecular weight is 432 g/mol. The lowest BCUT2D eigenvalue weighted by Crippen LogP contribution is -2.56. The van der Waals surface area contributed by atoms with Crippen LogP contribution in [-0.4, -0.2) is 71.2 Å². The summed E-state index contributed by atoms with van der Waals surface area (Å²) in [6, 6.07) is 16.1. The third-order valence-electron chi connectivity index (χ3n) is 6.87. The van der Waals surface area contributed by atoms with E-state index < -0.39 is 0 Å². The highest BCUT2D eigenvalue weighted by atomic mass is 16.2. The molecule has 1 aromatic heterocycles. The fourth-order valence-electron chi connectivity index (χ4n) is 5.11. The predicted octanol–water partition coefficient (Wildman–Crippen LogP) is 2.66. The molecule has 166 valence electrons. The summed E-state index contributed by atoms with van der Waals surface area (Å²) in [5.74, 6) is -0.0966. The van der Waals surface area contributed by atoms with E-state index in [4.69, 9.17) is 0 Å². The minimum atomic E-state index is -0.264. The van der Waals surface area contributed by atoms with Gasteiger partial charge in [0.25, 0.3) is 11.5 Å². The number of rotatable bonds is 3. The molecule has 0 unspecified atom stereocenters. The molecule has 0 aliphatic carbocycles. The number of aromatic nitrogens is 2. The van der Waals surface area contributed by atoms with Gasteiger partial charge in [-0.1, -0.05) is 36.4 Å². The van der Waals surface area contributed by atoms with E-state index in [-0.39, 0.29) is 11.5 Å². The number of H-pyrrole nitrogens is 1. The highest BCUT2D eigenvalue weighted by Gasteiger charge is 2.31. The molecule has 2 aliphatic rings. The first-order valence-electron chi connectivity index (χ1n) is 11.4. The Morgan fingerprint density at radius 1 is 0.969 bits per heavy atom. The summed E-state index contributed by atoms with van der Waals surface area (Å²) in [5, 5.41) is 7.74. The van der Waals surface area contributed by atoms with Crippen molar-refractivity contribution in [3.63, 3.8) is 0 Å². The van der Waals surface area contributed by atoms with E-state index in [0.717, 1.165) is 45.6 Å². The number of aryl methyl sites for hydroxylation is 1. The number of anilines is 1. The molecule has 3 heterocycles. The third-order valence-corrected chi connectivity index (χ3v) is 6.87. The number of piperidine rings is 1.